The van der Waals surface area contributed by atoms with Crippen LogP contribution in [0, 0.1) is 5.82 Å². The first kappa shape index (κ1) is 33.2. The third kappa shape index (κ3) is 9.13. The van der Waals surface area contributed by atoms with Gasteiger partial charge in [-0.3, -0.25) is 14.4 Å². The van der Waals surface area contributed by atoms with E-state index in [2.05, 4.69) is 10.1 Å². The quantitative estimate of drug-likeness (QED) is 0.157. The van der Waals surface area contributed by atoms with Gasteiger partial charge < -0.3 is 19.9 Å². The number of halogens is 5. The van der Waals surface area contributed by atoms with Crippen LogP contribution in [0.25, 0.3) is 6.08 Å². The Balaban J connectivity index is 1.73. The molecule has 1 amide bonds. The number of amides is 1. The summed E-state index contributed by atoms with van der Waals surface area (Å²) in [7, 11) is 0. The molecule has 238 valence electrons. The van der Waals surface area contributed by atoms with Crippen LogP contribution in [0.5, 0.6) is 5.75 Å². The molecule has 12 heteroatoms. The van der Waals surface area contributed by atoms with Crippen LogP contribution in [0.2, 0.25) is 0 Å². The summed E-state index contributed by atoms with van der Waals surface area (Å²) >= 11 is 0. The van der Waals surface area contributed by atoms with Crippen LogP contribution < -0.4 is 10.1 Å². The van der Waals surface area contributed by atoms with Gasteiger partial charge in [-0.15, -0.1) is 0 Å². The molecular weight excluding hydrogens is 601 g/mol. The van der Waals surface area contributed by atoms with Gasteiger partial charge in [-0.05, 0) is 78.3 Å². The minimum absolute atomic E-state index is 0.192. The number of hydrogen-bond donors (Lipinski definition) is 2. The summed E-state index contributed by atoms with van der Waals surface area (Å²) in [5.41, 5.74) is 2.46. The highest BCUT2D eigenvalue weighted by atomic mass is 19.3. The van der Waals surface area contributed by atoms with Crippen molar-refractivity contribution in [2.75, 3.05) is 0 Å². The monoisotopic (exact) mass is 631 g/mol. The van der Waals surface area contributed by atoms with Gasteiger partial charge in [0.1, 0.15) is 17.7 Å². The van der Waals surface area contributed by atoms with Crippen LogP contribution in [0.1, 0.15) is 64.4 Å². The maximum atomic E-state index is 13.9. The fraction of sp³-hybridized carbons (Fsp3) is 0.303. The summed E-state index contributed by atoms with van der Waals surface area (Å²) < 4.78 is 76.6. The maximum Gasteiger partial charge on any atom is 0.461 e. The zero-order valence-electron chi connectivity index (χ0n) is 23.9. The number of carboxylic acids is 1. The van der Waals surface area contributed by atoms with E-state index in [9.17, 15) is 36.3 Å². The molecule has 2 atom stereocenters. The number of ether oxygens (including phenoxy) is 2. The number of alkyl halides is 4. The van der Waals surface area contributed by atoms with Gasteiger partial charge in [0.15, 0.2) is 0 Å². The van der Waals surface area contributed by atoms with Gasteiger partial charge in [0.25, 0.3) is 5.91 Å². The van der Waals surface area contributed by atoms with Crippen LogP contribution in [-0.2, 0) is 27.2 Å². The molecule has 2 N–H and O–H groups in total. The van der Waals surface area contributed by atoms with E-state index in [-0.39, 0.29) is 17.5 Å². The minimum Gasteiger partial charge on any atom is -0.481 e. The summed E-state index contributed by atoms with van der Waals surface area (Å²) in [5.74, 6) is -3.90. The maximum absolute atomic E-state index is 13.9. The predicted molar refractivity (Wildman–Crippen MR) is 153 cm³/mol. The number of carbonyl (C=O) groups is 3. The number of esters is 1. The number of aryl methyl sites for hydroxylation is 1. The lowest BCUT2D eigenvalue weighted by Crippen LogP contribution is -2.43. The van der Waals surface area contributed by atoms with E-state index in [0.29, 0.717) is 11.1 Å². The summed E-state index contributed by atoms with van der Waals surface area (Å²) in [6, 6.07) is 13.9. The number of aliphatic carboxylic acids is 1. The molecule has 0 bridgehead atoms. The molecule has 0 fully saturated rings. The van der Waals surface area contributed by atoms with Crippen molar-refractivity contribution in [3.05, 3.63) is 106 Å². The van der Waals surface area contributed by atoms with Crippen molar-refractivity contribution in [1.82, 2.24) is 5.32 Å². The van der Waals surface area contributed by atoms with Crippen molar-refractivity contribution in [2.24, 2.45) is 0 Å². The molecule has 1 aliphatic carbocycles. The molecule has 0 radical (unpaired) electrons. The molecule has 0 aliphatic heterocycles. The van der Waals surface area contributed by atoms with Gasteiger partial charge in [0.2, 0.25) is 0 Å². The Labute approximate surface area is 255 Å². The molecule has 0 heterocycles. The molecule has 0 saturated carbocycles. The van der Waals surface area contributed by atoms with Gasteiger partial charge in [-0.2, -0.15) is 17.6 Å². The highest BCUT2D eigenvalue weighted by Gasteiger charge is 2.44. The fourth-order valence-electron chi connectivity index (χ4n) is 4.95. The SMILES string of the molecule is O=C(O)CCC(=O)OC(c1ccc(F)cc1)C(Cc1cccc(OC(F)(F)C(F)F)c1)NC(=O)c1cccc2c1C=CCCC2. The lowest BCUT2D eigenvalue weighted by molar-refractivity contribution is -0.253. The Bertz CT molecular complexity index is 1540. The average Bonchev–Trinajstić information content (AvgIpc) is 3.25. The first-order chi connectivity index (χ1) is 21.4. The first-order valence-corrected chi connectivity index (χ1v) is 14.1. The van der Waals surface area contributed by atoms with Crippen LogP contribution in [0.15, 0.2) is 72.8 Å². The number of carboxylic acid groups (broad SMARTS) is 1. The zero-order valence-corrected chi connectivity index (χ0v) is 23.9. The third-order valence-corrected chi connectivity index (χ3v) is 7.09. The van der Waals surface area contributed by atoms with Crippen LogP contribution >= 0.6 is 0 Å². The van der Waals surface area contributed by atoms with Gasteiger partial charge >= 0.3 is 24.5 Å². The summed E-state index contributed by atoms with van der Waals surface area (Å²) in [6.45, 7) is 0. The molecule has 0 aromatic heterocycles. The largest absolute Gasteiger partial charge is 0.481 e. The van der Waals surface area contributed by atoms with Crippen LogP contribution in [-0.4, -0.2) is 41.5 Å². The number of nitrogens with one attached hydrogen (secondary N) is 1. The number of carbonyl (C=O) groups excluding carboxylic acids is 2. The zero-order chi connectivity index (χ0) is 32.6. The molecular formula is C33H30F5NO6. The number of rotatable bonds is 13. The molecule has 1 aliphatic rings. The highest BCUT2D eigenvalue weighted by molar-refractivity contribution is 5.98. The Morgan fingerprint density at radius 2 is 1.71 bits per heavy atom. The van der Waals surface area contributed by atoms with E-state index in [1.807, 2.05) is 18.2 Å². The average molecular weight is 632 g/mol. The topological polar surface area (TPSA) is 102 Å². The van der Waals surface area contributed by atoms with E-state index >= 15 is 0 Å². The van der Waals surface area contributed by atoms with Crippen molar-refractivity contribution in [2.45, 2.75) is 63.2 Å². The predicted octanol–water partition coefficient (Wildman–Crippen LogP) is 6.90. The highest BCUT2D eigenvalue weighted by Crippen LogP contribution is 2.31. The molecule has 3 aromatic carbocycles. The molecule has 4 rings (SSSR count). The minimum atomic E-state index is -4.76. The molecule has 7 nitrogen and oxygen atoms in total. The molecule has 3 aromatic rings. The van der Waals surface area contributed by atoms with Crippen molar-refractivity contribution < 1.29 is 50.9 Å². The van der Waals surface area contributed by atoms with Crippen molar-refractivity contribution in [3.8, 4) is 5.75 Å². The summed E-state index contributed by atoms with van der Waals surface area (Å²) in [5, 5.41) is 11.9. The van der Waals surface area contributed by atoms with Crippen LogP contribution in [0.4, 0.5) is 22.0 Å². The van der Waals surface area contributed by atoms with Gasteiger partial charge in [0.05, 0.1) is 18.9 Å². The summed E-state index contributed by atoms with van der Waals surface area (Å²) in [6.07, 6.45) is -5.14. The van der Waals surface area contributed by atoms with E-state index < -0.39 is 66.9 Å². The lowest BCUT2D eigenvalue weighted by atomic mass is 9.94. The number of allylic oxidation sites excluding steroid dienone is 1. The van der Waals surface area contributed by atoms with Crippen molar-refractivity contribution in [1.29, 1.82) is 0 Å². The van der Waals surface area contributed by atoms with Crippen LogP contribution in [0.3, 0.4) is 0 Å². The third-order valence-electron chi connectivity index (χ3n) is 7.09. The van der Waals surface area contributed by atoms with E-state index in [1.54, 1.807) is 12.1 Å². The Hall–Kier alpha value is -4.74. The van der Waals surface area contributed by atoms with Gasteiger partial charge in [-0.1, -0.05) is 48.6 Å². The number of hydrogen-bond acceptors (Lipinski definition) is 5. The standard InChI is InChI=1S/C33H30F5NO6/c34-23-14-12-22(13-15-23)30(44-29(42)17-16-28(40)41)27(19-20-6-4-9-24(18-20)45-33(37,38)32(35)36)39-31(43)26-11-5-8-21-7-2-1-3-10-25(21)26/h3-6,8-15,18,27,30,32H,1-2,7,16-17,19H2,(H,39,43)(H,40,41). The Kier molecular flexibility index (Phi) is 10.9. The van der Waals surface area contributed by atoms with Crippen molar-refractivity contribution >= 4 is 23.9 Å². The molecule has 0 saturated heterocycles. The second kappa shape index (κ2) is 14.8. The summed E-state index contributed by atoms with van der Waals surface area (Å²) in [4.78, 5) is 37.6. The Morgan fingerprint density at radius 3 is 2.42 bits per heavy atom. The van der Waals surface area contributed by atoms with E-state index in [1.165, 1.54) is 24.3 Å². The number of fused-ring (bicyclic) bond motifs is 1. The fourth-order valence-corrected chi connectivity index (χ4v) is 4.95. The van der Waals surface area contributed by atoms with E-state index in [4.69, 9.17) is 9.84 Å². The molecule has 45 heavy (non-hydrogen) atoms. The lowest BCUT2D eigenvalue weighted by Gasteiger charge is -2.29. The van der Waals surface area contributed by atoms with Crippen molar-refractivity contribution in [3.63, 3.8) is 0 Å². The van der Waals surface area contributed by atoms with E-state index in [0.717, 1.165) is 49.1 Å². The molecule has 0 spiro atoms. The smallest absolute Gasteiger partial charge is 0.461 e. The normalized spacial score (nSPS) is 14.2. The second-order valence-electron chi connectivity index (χ2n) is 10.4. The van der Waals surface area contributed by atoms with Gasteiger partial charge in [0, 0.05) is 5.56 Å². The van der Waals surface area contributed by atoms with Gasteiger partial charge in [-0.25, -0.2) is 4.39 Å². The second-order valence-corrected chi connectivity index (χ2v) is 10.4. The number of benzene rings is 3. The Morgan fingerprint density at radius 1 is 0.978 bits per heavy atom. The molecule has 2 unspecified atom stereocenters. The first-order valence-electron chi connectivity index (χ1n) is 14.1.